The van der Waals surface area contributed by atoms with Gasteiger partial charge < -0.3 is 9.64 Å². The number of Topliss-reactive ketones (excluding diaryl/α,β-unsaturated/α-hetero) is 1. The zero-order valence-electron chi connectivity index (χ0n) is 13.7. The van der Waals surface area contributed by atoms with Crippen molar-refractivity contribution in [1.29, 1.82) is 0 Å². The fourth-order valence-corrected chi connectivity index (χ4v) is 2.92. The number of likely N-dealkylation sites (tertiary alicyclic amines) is 1. The molecule has 1 saturated heterocycles. The van der Waals surface area contributed by atoms with Gasteiger partial charge in [0.15, 0.2) is 5.78 Å². The smallest absolute Gasteiger partial charge is 0.223 e. The van der Waals surface area contributed by atoms with E-state index in [9.17, 15) is 9.59 Å². The fraction of sp³-hybridized carbons (Fsp3) is 0.316. The third-order valence-electron chi connectivity index (χ3n) is 4.16. The molecule has 0 aliphatic carbocycles. The Balaban J connectivity index is 1.46. The van der Waals surface area contributed by atoms with Crippen molar-refractivity contribution in [3.63, 3.8) is 0 Å². The molecule has 1 amide bonds. The van der Waals surface area contributed by atoms with Crippen LogP contribution in [0, 0.1) is 0 Å². The van der Waals surface area contributed by atoms with Crippen LogP contribution in [0.5, 0.6) is 5.88 Å². The van der Waals surface area contributed by atoms with E-state index >= 15 is 0 Å². The minimum absolute atomic E-state index is 0.0190. The van der Waals surface area contributed by atoms with Crippen LogP contribution in [-0.2, 0) is 4.79 Å². The lowest BCUT2D eigenvalue weighted by Gasteiger charge is -2.16. The molecule has 2 aromatic rings. The van der Waals surface area contributed by atoms with Crippen molar-refractivity contribution in [2.75, 3.05) is 13.1 Å². The summed E-state index contributed by atoms with van der Waals surface area (Å²) >= 11 is 5.81. The summed E-state index contributed by atoms with van der Waals surface area (Å²) in [6, 6.07) is 12.2. The first-order valence-electron chi connectivity index (χ1n) is 8.26. The molecule has 0 saturated carbocycles. The lowest BCUT2D eigenvalue weighted by molar-refractivity contribution is -0.130. The van der Waals surface area contributed by atoms with Gasteiger partial charge in [0, 0.05) is 48.7 Å². The van der Waals surface area contributed by atoms with E-state index in [-0.39, 0.29) is 30.6 Å². The molecule has 2 heterocycles. The molecule has 1 aromatic carbocycles. The SMILES string of the molecule is O=C(CCC(=O)N1CCC(Oc2ccccn2)C1)c1ccc(Cl)cc1. The number of ether oxygens (including phenoxy) is 1. The molecule has 130 valence electrons. The van der Waals surface area contributed by atoms with E-state index in [1.165, 1.54) is 0 Å². The highest BCUT2D eigenvalue weighted by atomic mass is 35.5. The zero-order chi connectivity index (χ0) is 17.6. The number of carbonyl (C=O) groups excluding carboxylic acids is 2. The number of pyridine rings is 1. The largest absolute Gasteiger partial charge is 0.472 e. The number of benzene rings is 1. The van der Waals surface area contributed by atoms with Gasteiger partial charge in [-0.2, -0.15) is 0 Å². The monoisotopic (exact) mass is 358 g/mol. The summed E-state index contributed by atoms with van der Waals surface area (Å²) in [6.07, 6.45) is 2.80. The third kappa shape index (κ3) is 4.79. The van der Waals surface area contributed by atoms with Crippen LogP contribution >= 0.6 is 11.6 Å². The minimum atomic E-state index is -0.0505. The highest BCUT2D eigenvalue weighted by Crippen LogP contribution is 2.18. The molecule has 25 heavy (non-hydrogen) atoms. The first kappa shape index (κ1) is 17.4. The summed E-state index contributed by atoms with van der Waals surface area (Å²) in [6.45, 7) is 1.18. The number of hydrogen-bond donors (Lipinski definition) is 0. The molecule has 1 aliphatic heterocycles. The molecule has 1 fully saturated rings. The van der Waals surface area contributed by atoms with Crippen molar-refractivity contribution in [1.82, 2.24) is 9.88 Å². The van der Waals surface area contributed by atoms with Crippen molar-refractivity contribution < 1.29 is 14.3 Å². The van der Waals surface area contributed by atoms with Crippen LogP contribution in [0.1, 0.15) is 29.6 Å². The standard InChI is InChI=1S/C19H19ClN2O3/c20-15-6-4-14(5-7-15)17(23)8-9-19(24)22-12-10-16(13-22)25-18-3-1-2-11-21-18/h1-7,11,16H,8-10,12-13H2. The molecule has 5 nitrogen and oxygen atoms in total. The summed E-state index contributed by atoms with van der Waals surface area (Å²) in [5.74, 6) is 0.500. The second-order valence-electron chi connectivity index (χ2n) is 5.97. The number of nitrogens with zero attached hydrogens (tertiary/aromatic N) is 2. The van der Waals surface area contributed by atoms with E-state index in [2.05, 4.69) is 4.98 Å². The summed E-state index contributed by atoms with van der Waals surface area (Å²) in [5.41, 5.74) is 0.579. The summed E-state index contributed by atoms with van der Waals surface area (Å²) < 4.78 is 5.78. The molecule has 1 atom stereocenters. The maximum atomic E-state index is 12.3. The summed E-state index contributed by atoms with van der Waals surface area (Å²) in [5, 5.41) is 0.587. The van der Waals surface area contributed by atoms with Gasteiger partial charge in [0.25, 0.3) is 0 Å². The van der Waals surface area contributed by atoms with Gasteiger partial charge in [-0.15, -0.1) is 0 Å². The number of aromatic nitrogens is 1. The molecule has 0 radical (unpaired) electrons. The van der Waals surface area contributed by atoms with E-state index in [0.717, 1.165) is 6.42 Å². The number of halogens is 1. The van der Waals surface area contributed by atoms with Crippen LogP contribution in [0.3, 0.4) is 0 Å². The van der Waals surface area contributed by atoms with Crippen LogP contribution in [-0.4, -0.2) is 40.8 Å². The second kappa shape index (κ2) is 8.12. The van der Waals surface area contributed by atoms with Gasteiger partial charge in [0.2, 0.25) is 11.8 Å². The summed E-state index contributed by atoms with van der Waals surface area (Å²) in [4.78, 5) is 30.3. The van der Waals surface area contributed by atoms with Crippen molar-refractivity contribution >= 4 is 23.3 Å². The van der Waals surface area contributed by atoms with Gasteiger partial charge in [0.05, 0.1) is 6.54 Å². The van der Waals surface area contributed by atoms with Gasteiger partial charge in [-0.3, -0.25) is 9.59 Å². The molecule has 3 rings (SSSR count). The van der Waals surface area contributed by atoms with Crippen LogP contribution in [0.15, 0.2) is 48.7 Å². The average Bonchev–Trinajstić information content (AvgIpc) is 3.09. The van der Waals surface area contributed by atoms with Crippen LogP contribution < -0.4 is 4.74 Å². The normalized spacial score (nSPS) is 16.7. The number of ketones is 1. The lowest BCUT2D eigenvalue weighted by Crippen LogP contribution is -2.31. The summed E-state index contributed by atoms with van der Waals surface area (Å²) in [7, 11) is 0. The fourth-order valence-electron chi connectivity index (χ4n) is 2.80. The Morgan fingerprint density at radius 1 is 1.16 bits per heavy atom. The molecule has 1 aromatic heterocycles. The Labute approximate surface area is 151 Å². The van der Waals surface area contributed by atoms with Gasteiger partial charge in [-0.25, -0.2) is 4.98 Å². The van der Waals surface area contributed by atoms with E-state index in [1.54, 1.807) is 41.4 Å². The highest BCUT2D eigenvalue weighted by Gasteiger charge is 2.27. The maximum Gasteiger partial charge on any atom is 0.223 e. The highest BCUT2D eigenvalue weighted by molar-refractivity contribution is 6.30. The first-order chi connectivity index (χ1) is 12.1. The van der Waals surface area contributed by atoms with E-state index in [1.807, 2.05) is 12.1 Å². The molecule has 1 aliphatic rings. The Morgan fingerprint density at radius 2 is 1.96 bits per heavy atom. The van der Waals surface area contributed by atoms with Crippen molar-refractivity contribution in [3.8, 4) is 5.88 Å². The second-order valence-corrected chi connectivity index (χ2v) is 6.40. The molecule has 0 N–H and O–H groups in total. The topological polar surface area (TPSA) is 59.5 Å². The Morgan fingerprint density at radius 3 is 2.68 bits per heavy atom. The molecule has 1 unspecified atom stereocenters. The number of amides is 1. The number of carbonyl (C=O) groups is 2. The Bertz CT molecular complexity index is 734. The third-order valence-corrected chi connectivity index (χ3v) is 4.41. The van der Waals surface area contributed by atoms with Gasteiger partial charge >= 0.3 is 0 Å². The van der Waals surface area contributed by atoms with E-state index < -0.39 is 0 Å². The van der Waals surface area contributed by atoms with Crippen LogP contribution in [0.2, 0.25) is 5.02 Å². The zero-order valence-corrected chi connectivity index (χ0v) is 14.5. The van der Waals surface area contributed by atoms with Crippen molar-refractivity contribution in [2.45, 2.75) is 25.4 Å². The lowest BCUT2D eigenvalue weighted by atomic mass is 10.1. The molecule has 0 spiro atoms. The van der Waals surface area contributed by atoms with Crippen molar-refractivity contribution in [3.05, 3.63) is 59.2 Å². The van der Waals surface area contributed by atoms with Crippen LogP contribution in [0.25, 0.3) is 0 Å². The predicted octanol–water partition coefficient (Wildman–Crippen LogP) is 3.38. The molecule has 6 heteroatoms. The quantitative estimate of drug-likeness (QED) is 0.743. The number of hydrogen-bond acceptors (Lipinski definition) is 4. The van der Waals surface area contributed by atoms with E-state index in [0.29, 0.717) is 29.6 Å². The Hall–Kier alpha value is -2.40. The van der Waals surface area contributed by atoms with Gasteiger partial charge in [0.1, 0.15) is 6.10 Å². The maximum absolute atomic E-state index is 12.3. The Kier molecular flexibility index (Phi) is 5.66. The number of rotatable bonds is 6. The minimum Gasteiger partial charge on any atom is -0.472 e. The predicted molar refractivity (Wildman–Crippen MR) is 94.9 cm³/mol. The van der Waals surface area contributed by atoms with Gasteiger partial charge in [-0.05, 0) is 30.3 Å². The molecular weight excluding hydrogens is 340 g/mol. The molecule has 0 bridgehead atoms. The first-order valence-corrected chi connectivity index (χ1v) is 8.64. The van der Waals surface area contributed by atoms with Gasteiger partial charge in [-0.1, -0.05) is 17.7 Å². The van der Waals surface area contributed by atoms with Crippen LogP contribution in [0.4, 0.5) is 0 Å². The molecular formula is C19H19ClN2O3. The van der Waals surface area contributed by atoms with E-state index in [4.69, 9.17) is 16.3 Å². The average molecular weight is 359 g/mol. The van der Waals surface area contributed by atoms with Crippen molar-refractivity contribution in [2.24, 2.45) is 0 Å².